The number of unbranched alkanes of at least 4 members (excludes halogenated alkanes) is 4. The number of hydrogen-bond donors (Lipinski definition) is 1. The average molecular weight is 330 g/mol. The monoisotopic (exact) mass is 330 g/mol. The Labute approximate surface area is 145 Å². The molecule has 1 atom stereocenters. The number of carbonyl (C=O) groups excluding carboxylic acids is 2. The summed E-state index contributed by atoms with van der Waals surface area (Å²) in [5.41, 5.74) is 3.17. The third-order valence-electron chi connectivity index (χ3n) is 4.61. The molecule has 1 heterocycles. The fraction of sp³-hybridized carbons (Fsp3) is 0.600. The van der Waals surface area contributed by atoms with Gasteiger partial charge in [0.1, 0.15) is 6.04 Å². The smallest absolute Gasteiger partial charge is 0.254 e. The minimum Gasteiger partial charge on any atom is -0.341 e. The number of nitrogens with one attached hydrogen (secondary N) is 1. The Morgan fingerprint density at radius 3 is 2.54 bits per heavy atom. The van der Waals surface area contributed by atoms with E-state index in [4.69, 9.17) is 0 Å². The molecule has 4 nitrogen and oxygen atoms in total. The van der Waals surface area contributed by atoms with Gasteiger partial charge >= 0.3 is 0 Å². The van der Waals surface area contributed by atoms with Crippen LogP contribution in [-0.2, 0) is 16.0 Å². The lowest BCUT2D eigenvalue weighted by Crippen LogP contribution is -2.37. The molecule has 1 aromatic rings. The van der Waals surface area contributed by atoms with Gasteiger partial charge in [-0.3, -0.25) is 9.59 Å². The van der Waals surface area contributed by atoms with E-state index in [1.54, 1.807) is 0 Å². The summed E-state index contributed by atoms with van der Waals surface area (Å²) in [6.07, 6.45) is 7.81. The first-order valence-electron chi connectivity index (χ1n) is 9.29. The molecule has 0 saturated heterocycles. The van der Waals surface area contributed by atoms with Crippen LogP contribution in [0.1, 0.15) is 76.5 Å². The molecule has 1 aliphatic heterocycles. The number of carbonyl (C=O) groups is 2. The predicted molar refractivity (Wildman–Crippen MR) is 98.1 cm³/mol. The van der Waals surface area contributed by atoms with Gasteiger partial charge in [-0.25, -0.2) is 0 Å². The van der Waals surface area contributed by atoms with Gasteiger partial charge in [0.05, 0.1) is 0 Å². The molecular weight excluding hydrogens is 300 g/mol. The molecule has 2 rings (SSSR count). The highest BCUT2D eigenvalue weighted by molar-refractivity contribution is 6.06. The van der Waals surface area contributed by atoms with Gasteiger partial charge in [-0.15, -0.1) is 0 Å². The van der Waals surface area contributed by atoms with E-state index in [1.165, 1.54) is 25.3 Å². The Balaban J connectivity index is 2.21. The summed E-state index contributed by atoms with van der Waals surface area (Å²) in [6, 6.07) is 5.76. The zero-order chi connectivity index (χ0) is 17.5. The molecule has 0 spiro atoms. The maximum Gasteiger partial charge on any atom is 0.254 e. The van der Waals surface area contributed by atoms with E-state index in [-0.39, 0.29) is 11.8 Å². The predicted octanol–water partition coefficient (Wildman–Crippen LogP) is 4.13. The maximum absolute atomic E-state index is 12.8. The summed E-state index contributed by atoms with van der Waals surface area (Å²) in [7, 11) is 0. The van der Waals surface area contributed by atoms with Crippen molar-refractivity contribution in [1.82, 2.24) is 5.32 Å². The van der Waals surface area contributed by atoms with Gasteiger partial charge in [0.2, 0.25) is 5.91 Å². The van der Waals surface area contributed by atoms with Crippen molar-refractivity contribution in [1.29, 1.82) is 0 Å². The van der Waals surface area contributed by atoms with E-state index in [1.807, 2.05) is 4.90 Å². The van der Waals surface area contributed by atoms with Gasteiger partial charge in [0.25, 0.3) is 5.91 Å². The van der Waals surface area contributed by atoms with E-state index in [0.29, 0.717) is 0 Å². The van der Waals surface area contributed by atoms with Crippen molar-refractivity contribution in [2.75, 3.05) is 11.4 Å². The van der Waals surface area contributed by atoms with Crippen molar-refractivity contribution in [3.8, 4) is 0 Å². The van der Waals surface area contributed by atoms with Gasteiger partial charge < -0.3 is 10.2 Å². The van der Waals surface area contributed by atoms with Crippen LogP contribution in [0.25, 0.3) is 0 Å². The van der Waals surface area contributed by atoms with Gasteiger partial charge in [-0.2, -0.15) is 0 Å². The van der Waals surface area contributed by atoms with Crippen LogP contribution in [0.5, 0.6) is 0 Å². The molecule has 1 aromatic carbocycles. The van der Waals surface area contributed by atoms with Crippen LogP contribution in [0.15, 0.2) is 18.2 Å². The molecule has 1 N–H and O–H groups in total. The van der Waals surface area contributed by atoms with Crippen molar-refractivity contribution < 1.29 is 9.59 Å². The first-order chi connectivity index (χ1) is 11.6. The average Bonchev–Trinajstić information content (AvgIpc) is 2.81. The second-order valence-electron chi connectivity index (χ2n) is 6.68. The van der Waals surface area contributed by atoms with Crippen LogP contribution in [0.3, 0.4) is 0 Å². The van der Waals surface area contributed by atoms with Crippen molar-refractivity contribution in [3.63, 3.8) is 0 Å². The SMILES string of the molecule is CCCCCCN1C(=O)C(NC(C)=O)c2cc(CCCC)ccc21. The standard InChI is InChI=1S/C20H30N2O2/c1-4-6-8-9-13-22-18-12-11-16(10-7-5-2)14-17(18)19(20(22)24)21-15(3)23/h11-12,14,19H,4-10,13H2,1-3H3,(H,21,23). The summed E-state index contributed by atoms with van der Waals surface area (Å²) in [6.45, 7) is 6.56. The summed E-state index contributed by atoms with van der Waals surface area (Å²) in [5, 5.41) is 2.83. The van der Waals surface area contributed by atoms with Crippen LogP contribution >= 0.6 is 0 Å². The van der Waals surface area contributed by atoms with Crippen molar-refractivity contribution in [2.45, 2.75) is 71.8 Å². The summed E-state index contributed by atoms with van der Waals surface area (Å²) < 4.78 is 0. The normalized spacial score (nSPS) is 16.4. The van der Waals surface area contributed by atoms with Crippen LogP contribution in [0, 0.1) is 0 Å². The largest absolute Gasteiger partial charge is 0.341 e. The molecule has 0 aromatic heterocycles. The number of benzene rings is 1. The Bertz CT molecular complexity index is 583. The number of nitrogens with zero attached hydrogens (tertiary/aromatic N) is 1. The van der Waals surface area contributed by atoms with Gasteiger partial charge in [0, 0.05) is 24.7 Å². The Hall–Kier alpha value is -1.84. The fourth-order valence-corrected chi connectivity index (χ4v) is 3.30. The molecule has 24 heavy (non-hydrogen) atoms. The molecule has 0 aliphatic carbocycles. The Morgan fingerprint density at radius 1 is 1.12 bits per heavy atom. The zero-order valence-corrected chi connectivity index (χ0v) is 15.2. The number of aryl methyl sites for hydroxylation is 1. The fourth-order valence-electron chi connectivity index (χ4n) is 3.30. The lowest BCUT2D eigenvalue weighted by atomic mass is 10.0. The number of hydrogen-bond acceptors (Lipinski definition) is 2. The van der Waals surface area contributed by atoms with Crippen LogP contribution in [0.2, 0.25) is 0 Å². The van der Waals surface area contributed by atoms with E-state index in [2.05, 4.69) is 37.4 Å². The lowest BCUT2D eigenvalue weighted by Gasteiger charge is -2.18. The summed E-state index contributed by atoms with van der Waals surface area (Å²) in [5.74, 6) is -0.157. The van der Waals surface area contributed by atoms with E-state index in [0.717, 1.165) is 49.9 Å². The minimum atomic E-state index is -0.523. The van der Waals surface area contributed by atoms with E-state index in [9.17, 15) is 9.59 Å². The van der Waals surface area contributed by atoms with Crippen molar-refractivity contribution in [2.24, 2.45) is 0 Å². The highest BCUT2D eigenvalue weighted by Crippen LogP contribution is 2.37. The molecule has 0 saturated carbocycles. The quantitative estimate of drug-likeness (QED) is 0.692. The third kappa shape index (κ3) is 4.37. The molecular formula is C20H30N2O2. The van der Waals surface area contributed by atoms with E-state index >= 15 is 0 Å². The van der Waals surface area contributed by atoms with E-state index < -0.39 is 6.04 Å². The maximum atomic E-state index is 12.8. The number of rotatable bonds is 9. The van der Waals surface area contributed by atoms with Gasteiger partial charge in [0.15, 0.2) is 0 Å². The van der Waals surface area contributed by atoms with Gasteiger partial charge in [-0.1, -0.05) is 51.7 Å². The molecule has 1 aliphatic rings. The zero-order valence-electron chi connectivity index (χ0n) is 15.2. The number of anilines is 1. The minimum absolute atomic E-state index is 0.00402. The summed E-state index contributed by atoms with van der Waals surface area (Å²) >= 11 is 0. The molecule has 132 valence electrons. The van der Waals surface area contributed by atoms with Crippen LogP contribution < -0.4 is 10.2 Å². The highest BCUT2D eigenvalue weighted by atomic mass is 16.2. The second kappa shape index (κ2) is 8.86. The molecule has 0 fully saturated rings. The van der Waals surface area contributed by atoms with Crippen molar-refractivity contribution in [3.05, 3.63) is 29.3 Å². The molecule has 1 unspecified atom stereocenters. The first kappa shape index (κ1) is 18.5. The van der Waals surface area contributed by atoms with Crippen molar-refractivity contribution >= 4 is 17.5 Å². The Morgan fingerprint density at radius 2 is 1.88 bits per heavy atom. The third-order valence-corrected chi connectivity index (χ3v) is 4.61. The molecule has 0 radical (unpaired) electrons. The molecule has 0 bridgehead atoms. The van der Waals surface area contributed by atoms with Crippen LogP contribution in [-0.4, -0.2) is 18.4 Å². The second-order valence-corrected chi connectivity index (χ2v) is 6.68. The number of fused-ring (bicyclic) bond motifs is 1. The Kier molecular flexibility index (Phi) is 6.83. The topological polar surface area (TPSA) is 49.4 Å². The highest BCUT2D eigenvalue weighted by Gasteiger charge is 2.37. The lowest BCUT2D eigenvalue weighted by molar-refractivity contribution is -0.126. The molecule has 2 amide bonds. The summed E-state index contributed by atoms with van der Waals surface area (Å²) in [4.78, 5) is 26.2. The first-order valence-corrected chi connectivity index (χ1v) is 9.29. The number of amides is 2. The van der Waals surface area contributed by atoms with Crippen LogP contribution in [0.4, 0.5) is 5.69 Å². The van der Waals surface area contributed by atoms with Gasteiger partial charge in [-0.05, 0) is 30.9 Å². The molecule has 4 heteroatoms.